The van der Waals surface area contributed by atoms with Crippen molar-refractivity contribution in [2.45, 2.75) is 58.5 Å². The van der Waals surface area contributed by atoms with Crippen molar-refractivity contribution in [3.8, 4) is 0 Å². The lowest BCUT2D eigenvalue weighted by molar-refractivity contribution is -0.151. The monoisotopic (exact) mass is 275 g/mol. The summed E-state index contributed by atoms with van der Waals surface area (Å²) in [5.74, 6) is 0.223. The van der Waals surface area contributed by atoms with E-state index in [2.05, 4.69) is 18.8 Å². The molecule has 0 unspecified atom stereocenters. The Kier molecular flexibility index (Phi) is 4.59. The van der Waals surface area contributed by atoms with E-state index in [1.165, 1.54) is 0 Å². The number of pyridine rings is 1. The average Bonchev–Trinajstić information content (AvgIpc) is 2.43. The van der Waals surface area contributed by atoms with Crippen LogP contribution < -0.4 is 0 Å². The fourth-order valence-electron chi connectivity index (χ4n) is 2.96. The highest BCUT2D eigenvalue weighted by molar-refractivity contribution is 5.89. The second-order valence-corrected chi connectivity index (χ2v) is 6.55. The van der Waals surface area contributed by atoms with Crippen molar-refractivity contribution >= 4 is 5.78 Å². The number of carbonyl (C=O) groups is 1. The first-order chi connectivity index (χ1) is 9.47. The Bertz CT molecular complexity index is 443. The fraction of sp³-hybridized carbons (Fsp3) is 0.647. The summed E-state index contributed by atoms with van der Waals surface area (Å²) < 4.78 is 5.93. The maximum atomic E-state index is 12.7. The van der Waals surface area contributed by atoms with Gasteiger partial charge in [0.1, 0.15) is 5.60 Å². The molecular weight excluding hydrogens is 250 g/mol. The number of nitrogens with zero attached hydrogens (tertiary/aromatic N) is 1. The number of ketones is 1. The third kappa shape index (κ3) is 3.45. The van der Waals surface area contributed by atoms with E-state index in [0.29, 0.717) is 18.4 Å². The summed E-state index contributed by atoms with van der Waals surface area (Å²) >= 11 is 0. The minimum absolute atomic E-state index is 0.223. The van der Waals surface area contributed by atoms with Crippen LogP contribution in [0.25, 0.3) is 0 Å². The van der Waals surface area contributed by atoms with Gasteiger partial charge in [-0.25, -0.2) is 0 Å². The highest BCUT2D eigenvalue weighted by atomic mass is 16.5. The molecule has 0 aliphatic heterocycles. The van der Waals surface area contributed by atoms with Crippen molar-refractivity contribution in [1.29, 1.82) is 0 Å². The standard InChI is InChI=1S/C17H25NO2/c1-4-20-17(9-7-16(2,3)8-10-17)15(19)13-14-5-11-18-12-6-14/h5-6,11-12H,4,7-10,13H2,1-3H3. The average molecular weight is 275 g/mol. The Morgan fingerprint density at radius 2 is 1.80 bits per heavy atom. The topological polar surface area (TPSA) is 39.2 Å². The van der Waals surface area contributed by atoms with E-state index in [1.807, 2.05) is 19.1 Å². The quantitative estimate of drug-likeness (QED) is 0.824. The van der Waals surface area contributed by atoms with Gasteiger partial charge in [0.2, 0.25) is 0 Å². The molecule has 1 fully saturated rings. The van der Waals surface area contributed by atoms with Crippen molar-refractivity contribution < 1.29 is 9.53 Å². The lowest BCUT2D eigenvalue weighted by Crippen LogP contribution is -2.47. The van der Waals surface area contributed by atoms with E-state index >= 15 is 0 Å². The second-order valence-electron chi connectivity index (χ2n) is 6.55. The molecule has 2 rings (SSSR count). The van der Waals surface area contributed by atoms with Crippen molar-refractivity contribution in [3.63, 3.8) is 0 Å². The van der Waals surface area contributed by atoms with Crippen molar-refractivity contribution in [1.82, 2.24) is 4.98 Å². The Morgan fingerprint density at radius 1 is 1.20 bits per heavy atom. The Hall–Kier alpha value is -1.22. The van der Waals surface area contributed by atoms with Gasteiger partial charge in [0.15, 0.2) is 5.78 Å². The number of aromatic nitrogens is 1. The van der Waals surface area contributed by atoms with E-state index < -0.39 is 5.60 Å². The summed E-state index contributed by atoms with van der Waals surface area (Å²) in [6, 6.07) is 3.81. The summed E-state index contributed by atoms with van der Waals surface area (Å²) in [5, 5.41) is 0. The number of ether oxygens (including phenoxy) is 1. The summed E-state index contributed by atoms with van der Waals surface area (Å²) in [5.41, 5.74) is 0.791. The van der Waals surface area contributed by atoms with E-state index in [9.17, 15) is 4.79 Å². The largest absolute Gasteiger partial charge is 0.367 e. The third-order valence-corrected chi connectivity index (χ3v) is 4.45. The fourth-order valence-corrected chi connectivity index (χ4v) is 2.96. The number of hydrogen-bond donors (Lipinski definition) is 0. The van der Waals surface area contributed by atoms with Crippen LogP contribution in [-0.2, 0) is 16.0 Å². The zero-order valence-electron chi connectivity index (χ0n) is 12.8. The van der Waals surface area contributed by atoms with Gasteiger partial charge in [0.05, 0.1) is 0 Å². The Labute approximate surface area is 121 Å². The van der Waals surface area contributed by atoms with E-state index in [1.54, 1.807) is 12.4 Å². The van der Waals surface area contributed by atoms with Crippen LogP contribution in [0, 0.1) is 5.41 Å². The molecular formula is C17H25NO2. The normalized spacial score (nSPS) is 20.6. The molecule has 1 saturated carbocycles. The van der Waals surface area contributed by atoms with E-state index in [0.717, 1.165) is 31.2 Å². The molecule has 1 heterocycles. The molecule has 0 spiro atoms. The zero-order valence-corrected chi connectivity index (χ0v) is 12.8. The number of hydrogen-bond acceptors (Lipinski definition) is 3. The van der Waals surface area contributed by atoms with E-state index in [4.69, 9.17) is 4.74 Å². The molecule has 0 atom stereocenters. The van der Waals surface area contributed by atoms with Crippen LogP contribution in [0.2, 0.25) is 0 Å². The predicted octanol–water partition coefficient (Wildman–Crippen LogP) is 3.57. The smallest absolute Gasteiger partial charge is 0.168 e. The first kappa shape index (κ1) is 15.2. The number of rotatable bonds is 5. The van der Waals surface area contributed by atoms with Gasteiger partial charge >= 0.3 is 0 Å². The highest BCUT2D eigenvalue weighted by Crippen LogP contribution is 2.42. The van der Waals surface area contributed by atoms with Gasteiger partial charge in [-0.05, 0) is 55.7 Å². The molecule has 20 heavy (non-hydrogen) atoms. The van der Waals surface area contributed by atoms with Crippen LogP contribution in [0.3, 0.4) is 0 Å². The summed E-state index contributed by atoms with van der Waals surface area (Å²) in [6.07, 6.45) is 7.71. The molecule has 3 nitrogen and oxygen atoms in total. The first-order valence-corrected chi connectivity index (χ1v) is 7.54. The maximum Gasteiger partial charge on any atom is 0.168 e. The van der Waals surface area contributed by atoms with Gasteiger partial charge in [0.25, 0.3) is 0 Å². The molecule has 0 saturated heterocycles. The SMILES string of the molecule is CCOC1(C(=O)Cc2ccncc2)CCC(C)(C)CC1. The third-order valence-electron chi connectivity index (χ3n) is 4.45. The molecule has 0 radical (unpaired) electrons. The molecule has 1 aromatic heterocycles. The van der Waals surface area contributed by atoms with Crippen LogP contribution in [-0.4, -0.2) is 23.0 Å². The minimum atomic E-state index is -0.562. The van der Waals surface area contributed by atoms with E-state index in [-0.39, 0.29) is 5.78 Å². The van der Waals surface area contributed by atoms with Crippen molar-refractivity contribution in [2.24, 2.45) is 5.41 Å². The summed E-state index contributed by atoms with van der Waals surface area (Å²) in [7, 11) is 0. The highest BCUT2D eigenvalue weighted by Gasteiger charge is 2.44. The number of Topliss-reactive ketones (excluding diaryl/α,β-unsaturated/α-hetero) is 1. The molecule has 0 aromatic carbocycles. The van der Waals surface area contributed by atoms with Gasteiger partial charge in [-0.1, -0.05) is 13.8 Å². The van der Waals surface area contributed by atoms with Gasteiger partial charge in [-0.15, -0.1) is 0 Å². The minimum Gasteiger partial charge on any atom is -0.367 e. The van der Waals surface area contributed by atoms with Gasteiger partial charge in [0, 0.05) is 25.4 Å². The molecule has 110 valence electrons. The van der Waals surface area contributed by atoms with Crippen molar-refractivity contribution in [2.75, 3.05) is 6.61 Å². The van der Waals surface area contributed by atoms with Crippen LogP contribution in [0.5, 0.6) is 0 Å². The second kappa shape index (κ2) is 6.04. The number of carbonyl (C=O) groups excluding carboxylic acids is 1. The predicted molar refractivity (Wildman–Crippen MR) is 79.6 cm³/mol. The van der Waals surface area contributed by atoms with Gasteiger partial charge in [-0.2, -0.15) is 0 Å². The molecule has 0 N–H and O–H groups in total. The Balaban J connectivity index is 2.10. The first-order valence-electron chi connectivity index (χ1n) is 7.54. The van der Waals surface area contributed by atoms with Crippen LogP contribution in [0.1, 0.15) is 52.0 Å². The lowest BCUT2D eigenvalue weighted by Gasteiger charge is -2.42. The van der Waals surface area contributed by atoms with Crippen LogP contribution in [0.15, 0.2) is 24.5 Å². The molecule has 1 aliphatic carbocycles. The maximum absolute atomic E-state index is 12.7. The molecule has 1 aromatic rings. The molecule has 0 bridgehead atoms. The Morgan fingerprint density at radius 3 is 2.35 bits per heavy atom. The lowest BCUT2D eigenvalue weighted by atomic mass is 9.69. The molecule has 3 heteroatoms. The van der Waals surface area contributed by atoms with Gasteiger partial charge in [-0.3, -0.25) is 9.78 Å². The van der Waals surface area contributed by atoms with Crippen molar-refractivity contribution in [3.05, 3.63) is 30.1 Å². The van der Waals surface area contributed by atoms with Gasteiger partial charge < -0.3 is 4.74 Å². The molecule has 1 aliphatic rings. The summed E-state index contributed by atoms with van der Waals surface area (Å²) in [6.45, 7) is 7.12. The van der Waals surface area contributed by atoms with Crippen LogP contribution in [0.4, 0.5) is 0 Å². The summed E-state index contributed by atoms with van der Waals surface area (Å²) in [4.78, 5) is 16.7. The van der Waals surface area contributed by atoms with Crippen LogP contribution >= 0.6 is 0 Å². The zero-order chi connectivity index (χ0) is 14.6. The molecule has 0 amide bonds.